The average Bonchev–Trinajstić information content (AvgIpc) is 2.78. The molecule has 3 rings (SSSR count). The maximum atomic E-state index is 12.9. The average molecular weight is 427 g/mol. The number of anilines is 1. The molecular weight excluding hydrogens is 413 g/mol. The van der Waals surface area contributed by atoms with Gasteiger partial charge in [-0.1, -0.05) is 46.9 Å². The standard InChI is InChI=1S/C18H14Cl3N3O3/c1-18(13-6-5-11(20)8-14(13)21)16(26)24(17(27)23-18)9-15(25)22-12-4-2-3-10(19)7-12/h2-8H,9H2,1H3,(H,22,25)(H,23,27). The third kappa shape index (κ3) is 3.88. The van der Waals surface area contributed by atoms with Crippen molar-refractivity contribution in [3.05, 3.63) is 63.1 Å². The fourth-order valence-corrected chi connectivity index (χ4v) is 3.62. The molecule has 4 amide bonds. The number of nitrogens with zero attached hydrogens (tertiary/aromatic N) is 1. The van der Waals surface area contributed by atoms with Gasteiger partial charge in [0.1, 0.15) is 12.1 Å². The number of imide groups is 1. The number of benzene rings is 2. The Hall–Kier alpha value is -2.28. The van der Waals surface area contributed by atoms with Gasteiger partial charge in [0, 0.05) is 26.3 Å². The second-order valence-electron chi connectivity index (χ2n) is 6.13. The van der Waals surface area contributed by atoms with E-state index in [1.54, 1.807) is 36.4 Å². The van der Waals surface area contributed by atoms with E-state index in [1.807, 2.05) is 0 Å². The number of carbonyl (C=O) groups is 3. The lowest BCUT2D eigenvalue weighted by Gasteiger charge is -2.23. The molecule has 0 bridgehead atoms. The van der Waals surface area contributed by atoms with Gasteiger partial charge >= 0.3 is 6.03 Å². The second-order valence-corrected chi connectivity index (χ2v) is 7.41. The molecule has 1 atom stereocenters. The second kappa shape index (κ2) is 7.38. The zero-order valence-electron chi connectivity index (χ0n) is 14.1. The van der Waals surface area contributed by atoms with Crippen LogP contribution in [0.15, 0.2) is 42.5 Å². The normalized spacial score (nSPS) is 19.2. The number of nitrogens with one attached hydrogen (secondary N) is 2. The van der Waals surface area contributed by atoms with Crippen LogP contribution in [0.3, 0.4) is 0 Å². The first-order valence-corrected chi connectivity index (χ1v) is 8.99. The molecule has 0 saturated carbocycles. The van der Waals surface area contributed by atoms with Crippen molar-refractivity contribution >= 4 is 58.3 Å². The molecule has 1 aliphatic rings. The number of urea groups is 1. The van der Waals surface area contributed by atoms with Crippen LogP contribution in [0.2, 0.25) is 15.1 Å². The van der Waals surface area contributed by atoms with Gasteiger partial charge in [-0.3, -0.25) is 14.5 Å². The summed E-state index contributed by atoms with van der Waals surface area (Å²) in [5.41, 5.74) is -0.539. The van der Waals surface area contributed by atoms with E-state index in [1.165, 1.54) is 13.0 Å². The van der Waals surface area contributed by atoms with E-state index in [0.717, 1.165) is 4.90 Å². The van der Waals surface area contributed by atoms with E-state index in [4.69, 9.17) is 34.8 Å². The van der Waals surface area contributed by atoms with Crippen molar-refractivity contribution in [1.29, 1.82) is 0 Å². The number of hydrogen-bond acceptors (Lipinski definition) is 3. The number of halogens is 3. The van der Waals surface area contributed by atoms with Gasteiger partial charge in [0.05, 0.1) is 0 Å². The van der Waals surface area contributed by atoms with Gasteiger partial charge < -0.3 is 10.6 Å². The third-order valence-corrected chi connectivity index (χ3v) is 4.94. The topological polar surface area (TPSA) is 78.5 Å². The minimum atomic E-state index is -1.39. The number of hydrogen-bond donors (Lipinski definition) is 2. The van der Waals surface area contributed by atoms with Crippen molar-refractivity contribution in [3.8, 4) is 0 Å². The molecule has 0 spiro atoms. The maximum absolute atomic E-state index is 12.9. The highest BCUT2D eigenvalue weighted by atomic mass is 35.5. The van der Waals surface area contributed by atoms with E-state index in [-0.39, 0.29) is 5.02 Å². The molecule has 1 unspecified atom stereocenters. The number of rotatable bonds is 4. The van der Waals surface area contributed by atoms with Crippen molar-refractivity contribution in [2.45, 2.75) is 12.5 Å². The minimum Gasteiger partial charge on any atom is -0.324 e. The van der Waals surface area contributed by atoms with Crippen molar-refractivity contribution in [3.63, 3.8) is 0 Å². The third-order valence-electron chi connectivity index (χ3n) is 4.15. The summed E-state index contributed by atoms with van der Waals surface area (Å²) in [6.45, 7) is 1.08. The van der Waals surface area contributed by atoms with Crippen molar-refractivity contribution in [1.82, 2.24) is 10.2 Å². The van der Waals surface area contributed by atoms with Gasteiger partial charge in [0.15, 0.2) is 0 Å². The largest absolute Gasteiger partial charge is 0.325 e. The van der Waals surface area contributed by atoms with Crippen LogP contribution < -0.4 is 10.6 Å². The molecule has 0 radical (unpaired) electrons. The van der Waals surface area contributed by atoms with Gasteiger partial charge in [0.25, 0.3) is 5.91 Å². The van der Waals surface area contributed by atoms with Crippen LogP contribution in [0.25, 0.3) is 0 Å². The molecular formula is C18H14Cl3N3O3. The molecule has 27 heavy (non-hydrogen) atoms. The summed E-state index contributed by atoms with van der Waals surface area (Å²) in [4.78, 5) is 38.3. The van der Waals surface area contributed by atoms with E-state index in [0.29, 0.717) is 21.3 Å². The fourth-order valence-electron chi connectivity index (χ4n) is 2.83. The van der Waals surface area contributed by atoms with Crippen molar-refractivity contribution in [2.24, 2.45) is 0 Å². The van der Waals surface area contributed by atoms with Gasteiger partial charge in [-0.05, 0) is 37.3 Å². The highest BCUT2D eigenvalue weighted by Crippen LogP contribution is 2.34. The van der Waals surface area contributed by atoms with E-state index < -0.39 is 29.9 Å². The van der Waals surface area contributed by atoms with Gasteiger partial charge in [-0.15, -0.1) is 0 Å². The van der Waals surface area contributed by atoms with E-state index >= 15 is 0 Å². The summed E-state index contributed by atoms with van der Waals surface area (Å²) >= 11 is 18.0. The first kappa shape index (κ1) is 19.5. The predicted molar refractivity (Wildman–Crippen MR) is 104 cm³/mol. The van der Waals surface area contributed by atoms with Gasteiger partial charge in [-0.2, -0.15) is 0 Å². The molecule has 1 heterocycles. The Morgan fingerprint density at radius 2 is 1.81 bits per heavy atom. The maximum Gasteiger partial charge on any atom is 0.325 e. The zero-order chi connectivity index (χ0) is 19.8. The lowest BCUT2D eigenvalue weighted by Crippen LogP contribution is -2.42. The lowest BCUT2D eigenvalue weighted by molar-refractivity contribution is -0.133. The molecule has 1 aliphatic heterocycles. The molecule has 0 aromatic heterocycles. The molecule has 1 fully saturated rings. The predicted octanol–water partition coefficient (Wildman–Crippen LogP) is 4.05. The molecule has 2 aromatic rings. The van der Waals surface area contributed by atoms with Crippen LogP contribution >= 0.6 is 34.8 Å². The van der Waals surface area contributed by atoms with Crippen molar-refractivity contribution in [2.75, 3.05) is 11.9 Å². The zero-order valence-corrected chi connectivity index (χ0v) is 16.3. The van der Waals surface area contributed by atoms with Crippen LogP contribution in [0.5, 0.6) is 0 Å². The Kier molecular flexibility index (Phi) is 5.33. The Bertz CT molecular complexity index is 950. The Labute approximate surface area is 170 Å². The van der Waals surface area contributed by atoms with Crippen LogP contribution in [-0.2, 0) is 15.1 Å². The number of carbonyl (C=O) groups excluding carboxylic acids is 3. The first-order valence-electron chi connectivity index (χ1n) is 7.86. The highest BCUT2D eigenvalue weighted by Gasteiger charge is 2.50. The molecule has 140 valence electrons. The molecule has 6 nitrogen and oxygen atoms in total. The van der Waals surface area contributed by atoms with Crippen LogP contribution in [-0.4, -0.2) is 29.3 Å². The Morgan fingerprint density at radius 3 is 2.48 bits per heavy atom. The molecule has 2 aromatic carbocycles. The van der Waals surface area contributed by atoms with E-state index in [9.17, 15) is 14.4 Å². The van der Waals surface area contributed by atoms with Gasteiger partial charge in [0.2, 0.25) is 5.91 Å². The summed E-state index contributed by atoms with van der Waals surface area (Å²) in [7, 11) is 0. The summed E-state index contributed by atoms with van der Waals surface area (Å²) in [6.07, 6.45) is 0. The smallest absolute Gasteiger partial charge is 0.324 e. The fraction of sp³-hybridized carbons (Fsp3) is 0.167. The Balaban J connectivity index is 1.78. The monoisotopic (exact) mass is 425 g/mol. The van der Waals surface area contributed by atoms with Crippen LogP contribution in [0.4, 0.5) is 10.5 Å². The summed E-state index contributed by atoms with van der Waals surface area (Å²) < 4.78 is 0. The van der Waals surface area contributed by atoms with Crippen LogP contribution in [0, 0.1) is 0 Å². The SMILES string of the molecule is CC1(c2ccc(Cl)cc2Cl)NC(=O)N(CC(=O)Nc2cccc(Cl)c2)C1=O. The first-order chi connectivity index (χ1) is 12.7. The van der Waals surface area contributed by atoms with Gasteiger partial charge in [-0.25, -0.2) is 4.79 Å². The molecule has 9 heteroatoms. The summed E-state index contributed by atoms with van der Waals surface area (Å²) in [5, 5.41) is 6.29. The lowest BCUT2D eigenvalue weighted by atomic mass is 9.92. The molecule has 2 N–H and O–H groups in total. The summed E-state index contributed by atoms with van der Waals surface area (Å²) in [6, 6.07) is 10.5. The van der Waals surface area contributed by atoms with Crippen LogP contribution in [0.1, 0.15) is 12.5 Å². The quantitative estimate of drug-likeness (QED) is 0.724. The van der Waals surface area contributed by atoms with Crippen molar-refractivity contribution < 1.29 is 14.4 Å². The highest BCUT2D eigenvalue weighted by molar-refractivity contribution is 6.35. The summed E-state index contributed by atoms with van der Waals surface area (Å²) in [5.74, 6) is -1.12. The molecule has 0 aliphatic carbocycles. The molecule has 1 saturated heterocycles. The number of amides is 4. The van der Waals surface area contributed by atoms with E-state index in [2.05, 4.69) is 10.6 Å². The Morgan fingerprint density at radius 1 is 1.11 bits per heavy atom. The minimum absolute atomic E-state index is 0.240.